The number of fused-ring (bicyclic) bond motifs is 1. The number of amides is 2. The Morgan fingerprint density at radius 1 is 1.03 bits per heavy atom. The van der Waals surface area contributed by atoms with Crippen LogP contribution in [0.1, 0.15) is 61.7 Å². The number of thiophene rings is 1. The second-order valence-corrected chi connectivity index (χ2v) is 11.8. The first-order valence-electron chi connectivity index (χ1n) is 12.1. The molecular weight excluding hydrogens is 430 g/mol. The fourth-order valence-corrected chi connectivity index (χ4v) is 6.08. The Kier molecular flexibility index (Phi) is 6.96. The number of rotatable bonds is 4. The van der Waals surface area contributed by atoms with Gasteiger partial charge in [0.1, 0.15) is 0 Å². The van der Waals surface area contributed by atoms with E-state index in [9.17, 15) is 9.59 Å². The summed E-state index contributed by atoms with van der Waals surface area (Å²) in [6, 6.07) is 10.9. The minimum Gasteiger partial charge on any atom is -0.338 e. The Morgan fingerprint density at radius 2 is 1.79 bits per heavy atom. The van der Waals surface area contributed by atoms with E-state index in [1.807, 2.05) is 21.1 Å². The highest BCUT2D eigenvalue weighted by Gasteiger charge is 2.35. The summed E-state index contributed by atoms with van der Waals surface area (Å²) in [5, 5.41) is 2.18. The van der Waals surface area contributed by atoms with Gasteiger partial charge in [0, 0.05) is 43.5 Å². The van der Waals surface area contributed by atoms with Crippen LogP contribution >= 0.6 is 11.3 Å². The third-order valence-electron chi connectivity index (χ3n) is 6.87. The zero-order valence-electron chi connectivity index (χ0n) is 20.6. The molecule has 4 rings (SSSR count). The first kappa shape index (κ1) is 24.0. The molecule has 1 aromatic heterocycles. The summed E-state index contributed by atoms with van der Waals surface area (Å²) >= 11 is 1.83. The molecule has 1 fully saturated rings. The second-order valence-electron chi connectivity index (χ2n) is 10.8. The molecule has 0 aliphatic carbocycles. The van der Waals surface area contributed by atoms with Crippen molar-refractivity contribution in [3.8, 4) is 0 Å². The van der Waals surface area contributed by atoms with Gasteiger partial charge < -0.3 is 9.80 Å². The predicted molar refractivity (Wildman–Crippen MR) is 134 cm³/mol. The molecule has 2 amide bonds. The van der Waals surface area contributed by atoms with Crippen molar-refractivity contribution in [2.75, 3.05) is 32.7 Å². The maximum atomic E-state index is 13.4. The van der Waals surface area contributed by atoms with Gasteiger partial charge in [-0.1, -0.05) is 45.0 Å². The van der Waals surface area contributed by atoms with Crippen LogP contribution in [0.15, 0.2) is 35.7 Å². The van der Waals surface area contributed by atoms with E-state index in [0.717, 1.165) is 13.0 Å². The third-order valence-corrected chi connectivity index (χ3v) is 7.87. The number of nitrogens with zero attached hydrogens (tertiary/aromatic N) is 3. The van der Waals surface area contributed by atoms with Crippen molar-refractivity contribution in [2.24, 2.45) is 5.41 Å². The Labute approximate surface area is 202 Å². The van der Waals surface area contributed by atoms with Gasteiger partial charge in [-0.3, -0.25) is 14.5 Å². The minimum atomic E-state index is -0.0247. The fourth-order valence-electron chi connectivity index (χ4n) is 5.18. The number of benzene rings is 1. The Balaban J connectivity index is 1.46. The van der Waals surface area contributed by atoms with Crippen LogP contribution in [-0.4, -0.2) is 65.3 Å². The molecule has 0 unspecified atom stereocenters. The maximum absolute atomic E-state index is 13.4. The number of hydrogen-bond donors (Lipinski definition) is 0. The molecule has 0 radical (unpaired) electrons. The number of hydrogen-bond acceptors (Lipinski definition) is 4. The molecule has 2 aliphatic heterocycles. The van der Waals surface area contributed by atoms with Crippen molar-refractivity contribution < 1.29 is 9.59 Å². The van der Waals surface area contributed by atoms with Crippen LogP contribution < -0.4 is 0 Å². The monoisotopic (exact) mass is 467 g/mol. The molecule has 1 aromatic carbocycles. The summed E-state index contributed by atoms with van der Waals surface area (Å²) in [4.78, 5) is 33.9. The minimum absolute atomic E-state index is 0.0247. The van der Waals surface area contributed by atoms with Gasteiger partial charge in [-0.15, -0.1) is 11.3 Å². The van der Waals surface area contributed by atoms with Crippen LogP contribution in [0.5, 0.6) is 0 Å². The Hall–Kier alpha value is -2.18. The van der Waals surface area contributed by atoms with Crippen molar-refractivity contribution in [1.29, 1.82) is 0 Å². The van der Waals surface area contributed by atoms with E-state index in [4.69, 9.17) is 0 Å². The average Bonchev–Trinajstić information content (AvgIpc) is 3.22. The van der Waals surface area contributed by atoms with Gasteiger partial charge in [-0.05, 0) is 53.8 Å². The molecule has 3 heterocycles. The van der Waals surface area contributed by atoms with E-state index in [0.29, 0.717) is 32.6 Å². The molecular formula is C27H37N3O2S. The summed E-state index contributed by atoms with van der Waals surface area (Å²) in [7, 11) is 0. The van der Waals surface area contributed by atoms with Crippen LogP contribution in [-0.2, 0) is 16.0 Å². The molecule has 178 valence electrons. The van der Waals surface area contributed by atoms with Gasteiger partial charge in [-0.2, -0.15) is 0 Å². The SMILES string of the molecule is Cc1ccccc1[C@@H]1c2ccsc2CCN1CC(=O)N1CCN(C(=O)CC(C)(C)C)[C@H](C)C1. The third kappa shape index (κ3) is 5.33. The number of piperazine rings is 1. The molecule has 2 aromatic rings. The molecule has 1 saturated heterocycles. The first-order valence-corrected chi connectivity index (χ1v) is 12.9. The van der Waals surface area contributed by atoms with Gasteiger partial charge in [-0.25, -0.2) is 0 Å². The summed E-state index contributed by atoms with van der Waals surface area (Å²) in [6.45, 7) is 13.7. The summed E-state index contributed by atoms with van der Waals surface area (Å²) in [5.74, 6) is 0.366. The van der Waals surface area contributed by atoms with E-state index >= 15 is 0 Å². The lowest BCUT2D eigenvalue weighted by Crippen LogP contribution is -2.57. The van der Waals surface area contributed by atoms with Gasteiger partial charge in [0.15, 0.2) is 0 Å². The second kappa shape index (κ2) is 9.59. The molecule has 0 bridgehead atoms. The number of carbonyl (C=O) groups excluding carboxylic acids is 2. The normalized spacial score (nSPS) is 21.7. The molecule has 6 heteroatoms. The number of aryl methyl sites for hydroxylation is 1. The highest BCUT2D eigenvalue weighted by atomic mass is 32.1. The summed E-state index contributed by atoms with van der Waals surface area (Å²) in [5.41, 5.74) is 3.87. The van der Waals surface area contributed by atoms with Gasteiger partial charge in [0.2, 0.25) is 11.8 Å². The zero-order valence-corrected chi connectivity index (χ0v) is 21.5. The van der Waals surface area contributed by atoms with Crippen molar-refractivity contribution >= 4 is 23.2 Å². The van der Waals surface area contributed by atoms with E-state index < -0.39 is 0 Å². The van der Waals surface area contributed by atoms with Crippen LogP contribution in [0.25, 0.3) is 0 Å². The van der Waals surface area contributed by atoms with Crippen LogP contribution in [0.2, 0.25) is 0 Å². The molecule has 2 atom stereocenters. The highest BCUT2D eigenvalue weighted by Crippen LogP contribution is 2.38. The largest absolute Gasteiger partial charge is 0.338 e. The zero-order chi connectivity index (χ0) is 23.8. The van der Waals surface area contributed by atoms with E-state index in [1.54, 1.807) is 0 Å². The lowest BCUT2D eigenvalue weighted by molar-refractivity contribution is -0.144. The van der Waals surface area contributed by atoms with Crippen molar-refractivity contribution in [3.05, 3.63) is 57.3 Å². The highest BCUT2D eigenvalue weighted by molar-refractivity contribution is 7.10. The standard InChI is InChI=1S/C27H37N3O2S/c1-19-8-6-7-9-21(19)26-22-11-15-33-23(22)10-12-29(26)18-25(32)28-13-14-30(20(2)17-28)24(31)16-27(3,4)5/h6-9,11,15,20,26H,10,12-14,16-18H2,1-5H3/t20-,26-/m1/s1. The molecule has 0 saturated carbocycles. The molecule has 0 spiro atoms. The van der Waals surface area contributed by atoms with Crippen LogP contribution in [0.4, 0.5) is 0 Å². The number of carbonyl (C=O) groups is 2. The predicted octanol–water partition coefficient (Wildman–Crippen LogP) is 4.50. The topological polar surface area (TPSA) is 43.9 Å². The maximum Gasteiger partial charge on any atom is 0.236 e. The van der Waals surface area contributed by atoms with E-state index in [1.165, 1.54) is 21.6 Å². The summed E-state index contributed by atoms with van der Waals surface area (Å²) in [6.07, 6.45) is 1.54. The average molecular weight is 468 g/mol. The van der Waals surface area contributed by atoms with E-state index in [-0.39, 0.29) is 29.3 Å². The smallest absolute Gasteiger partial charge is 0.236 e. The van der Waals surface area contributed by atoms with Crippen molar-refractivity contribution in [1.82, 2.24) is 14.7 Å². The lowest BCUT2D eigenvalue weighted by Gasteiger charge is -2.42. The molecule has 2 aliphatic rings. The fraction of sp³-hybridized carbons (Fsp3) is 0.556. The first-order chi connectivity index (χ1) is 15.6. The van der Waals surface area contributed by atoms with Crippen molar-refractivity contribution in [2.45, 2.75) is 59.5 Å². The van der Waals surface area contributed by atoms with Crippen LogP contribution in [0.3, 0.4) is 0 Å². The Morgan fingerprint density at radius 3 is 2.48 bits per heavy atom. The van der Waals surface area contributed by atoms with Gasteiger partial charge in [0.05, 0.1) is 12.6 Å². The molecule has 33 heavy (non-hydrogen) atoms. The Bertz CT molecular complexity index is 1010. The van der Waals surface area contributed by atoms with Gasteiger partial charge >= 0.3 is 0 Å². The molecule has 5 nitrogen and oxygen atoms in total. The lowest BCUT2D eigenvalue weighted by atomic mass is 9.90. The quantitative estimate of drug-likeness (QED) is 0.665. The summed E-state index contributed by atoms with van der Waals surface area (Å²) < 4.78 is 0. The van der Waals surface area contributed by atoms with E-state index in [2.05, 4.69) is 75.2 Å². The van der Waals surface area contributed by atoms with Crippen molar-refractivity contribution in [3.63, 3.8) is 0 Å². The van der Waals surface area contributed by atoms with Crippen LogP contribution in [0, 0.1) is 12.3 Å². The molecule has 0 N–H and O–H groups in total. The van der Waals surface area contributed by atoms with Gasteiger partial charge in [0.25, 0.3) is 0 Å².